The lowest BCUT2D eigenvalue weighted by atomic mass is 10.2. The molecular formula is C12H22N2O4. The van der Waals surface area contributed by atoms with Crippen LogP contribution in [0.25, 0.3) is 0 Å². The molecule has 0 unspecified atom stereocenters. The van der Waals surface area contributed by atoms with Gasteiger partial charge in [-0.1, -0.05) is 12.8 Å². The van der Waals surface area contributed by atoms with Crippen LogP contribution >= 0.6 is 0 Å². The first-order chi connectivity index (χ1) is 8.68. The van der Waals surface area contributed by atoms with Crippen LogP contribution in [0.3, 0.4) is 0 Å². The highest BCUT2D eigenvalue weighted by Crippen LogP contribution is 2.08. The van der Waals surface area contributed by atoms with Crippen LogP contribution in [0.1, 0.15) is 25.7 Å². The molecule has 0 radical (unpaired) electrons. The van der Waals surface area contributed by atoms with Crippen LogP contribution in [0.5, 0.6) is 0 Å². The number of carbonyl (C=O) groups is 2. The molecule has 0 aromatic carbocycles. The topological polar surface area (TPSA) is 78.9 Å². The van der Waals surface area contributed by atoms with E-state index < -0.39 is 12.6 Å². The van der Waals surface area contributed by atoms with E-state index in [4.69, 9.17) is 9.84 Å². The van der Waals surface area contributed by atoms with Crippen molar-refractivity contribution in [3.05, 3.63) is 0 Å². The van der Waals surface area contributed by atoms with E-state index in [9.17, 15) is 9.59 Å². The zero-order chi connectivity index (χ0) is 13.2. The highest BCUT2D eigenvalue weighted by Gasteiger charge is 2.09. The second-order valence-electron chi connectivity index (χ2n) is 4.49. The summed E-state index contributed by atoms with van der Waals surface area (Å²) in [6.07, 6.45) is 5.06. The van der Waals surface area contributed by atoms with E-state index >= 15 is 0 Å². The summed E-state index contributed by atoms with van der Waals surface area (Å²) in [6.45, 7) is 3.03. The molecule has 0 aromatic heterocycles. The van der Waals surface area contributed by atoms with E-state index in [1.54, 1.807) is 0 Å². The van der Waals surface area contributed by atoms with Crippen LogP contribution in [0.15, 0.2) is 0 Å². The van der Waals surface area contributed by atoms with Crippen LogP contribution < -0.4 is 5.32 Å². The summed E-state index contributed by atoms with van der Waals surface area (Å²) in [4.78, 5) is 23.8. The number of hydrogen-bond acceptors (Lipinski definition) is 4. The molecule has 1 saturated heterocycles. The lowest BCUT2D eigenvalue weighted by Gasteiger charge is -2.19. The van der Waals surface area contributed by atoms with Gasteiger partial charge in [0.15, 0.2) is 0 Å². The smallest absolute Gasteiger partial charge is 0.329 e. The minimum Gasteiger partial charge on any atom is -0.480 e. The van der Waals surface area contributed by atoms with E-state index in [0.717, 1.165) is 19.6 Å². The third kappa shape index (κ3) is 7.24. The number of carboxylic acids is 1. The zero-order valence-electron chi connectivity index (χ0n) is 10.7. The molecule has 2 N–H and O–H groups in total. The maximum Gasteiger partial charge on any atom is 0.329 e. The van der Waals surface area contributed by atoms with Gasteiger partial charge in [0.05, 0.1) is 0 Å². The summed E-state index contributed by atoms with van der Waals surface area (Å²) < 4.78 is 4.69. The van der Waals surface area contributed by atoms with Gasteiger partial charge in [-0.05, 0) is 25.9 Å². The average Bonchev–Trinajstić information content (AvgIpc) is 2.57. The Balaban J connectivity index is 2.01. The normalized spacial score (nSPS) is 17.1. The molecule has 0 bridgehead atoms. The number of carboxylic acid groups (broad SMARTS) is 1. The molecule has 1 aliphatic rings. The van der Waals surface area contributed by atoms with Crippen molar-refractivity contribution in [2.24, 2.45) is 0 Å². The second-order valence-corrected chi connectivity index (χ2v) is 4.49. The van der Waals surface area contributed by atoms with Crippen molar-refractivity contribution in [3.8, 4) is 0 Å². The molecule has 1 amide bonds. The fourth-order valence-electron chi connectivity index (χ4n) is 2.00. The molecule has 1 fully saturated rings. The first-order valence-corrected chi connectivity index (χ1v) is 6.47. The van der Waals surface area contributed by atoms with Crippen LogP contribution in [0, 0.1) is 0 Å². The van der Waals surface area contributed by atoms with Gasteiger partial charge in [-0.25, -0.2) is 4.79 Å². The maximum atomic E-state index is 11.3. The quantitative estimate of drug-likeness (QED) is 0.676. The number of ether oxygens (including phenoxy) is 1. The molecule has 0 aliphatic carbocycles. The highest BCUT2D eigenvalue weighted by atomic mass is 16.5. The molecule has 1 rings (SSSR count). The Bertz CT molecular complexity index is 263. The van der Waals surface area contributed by atoms with Gasteiger partial charge in [-0.3, -0.25) is 4.79 Å². The van der Waals surface area contributed by atoms with Crippen molar-refractivity contribution in [3.63, 3.8) is 0 Å². The summed E-state index contributed by atoms with van der Waals surface area (Å²) >= 11 is 0. The van der Waals surface area contributed by atoms with E-state index in [2.05, 4.69) is 10.2 Å². The summed E-state index contributed by atoms with van der Waals surface area (Å²) in [5.41, 5.74) is 0. The Kier molecular flexibility index (Phi) is 7.36. The molecule has 0 atom stereocenters. The van der Waals surface area contributed by atoms with Gasteiger partial charge in [0.1, 0.15) is 13.2 Å². The van der Waals surface area contributed by atoms with E-state index in [1.165, 1.54) is 25.7 Å². The van der Waals surface area contributed by atoms with Crippen molar-refractivity contribution < 1.29 is 19.4 Å². The number of hydrogen-bond donors (Lipinski definition) is 2. The van der Waals surface area contributed by atoms with Gasteiger partial charge in [0.2, 0.25) is 5.91 Å². The van der Waals surface area contributed by atoms with Gasteiger partial charge >= 0.3 is 5.97 Å². The standard InChI is InChI=1S/C12H22N2O4/c15-11(9-18-10-12(16)17)13-5-8-14-6-3-1-2-4-7-14/h1-10H2,(H,13,15)(H,16,17). The number of carbonyl (C=O) groups excluding carboxylic acids is 1. The van der Waals surface area contributed by atoms with Crippen molar-refractivity contribution in [2.75, 3.05) is 39.4 Å². The van der Waals surface area contributed by atoms with Crippen molar-refractivity contribution in [1.82, 2.24) is 10.2 Å². The van der Waals surface area contributed by atoms with Gasteiger partial charge in [0.25, 0.3) is 0 Å². The Morgan fingerprint density at radius 2 is 1.78 bits per heavy atom. The number of amides is 1. The lowest BCUT2D eigenvalue weighted by molar-refractivity contribution is -0.143. The van der Waals surface area contributed by atoms with E-state index in [0.29, 0.717) is 6.54 Å². The predicted octanol–water partition coefficient (Wildman–Crippen LogP) is 0.0798. The van der Waals surface area contributed by atoms with Crippen LogP contribution in [0.4, 0.5) is 0 Å². The molecular weight excluding hydrogens is 236 g/mol. The van der Waals surface area contributed by atoms with Crippen LogP contribution in [-0.4, -0.2) is 61.3 Å². The van der Waals surface area contributed by atoms with Gasteiger partial charge < -0.3 is 20.1 Å². The Hall–Kier alpha value is -1.14. The Morgan fingerprint density at radius 1 is 1.11 bits per heavy atom. The lowest BCUT2D eigenvalue weighted by Crippen LogP contribution is -2.37. The van der Waals surface area contributed by atoms with Crippen molar-refractivity contribution in [1.29, 1.82) is 0 Å². The monoisotopic (exact) mass is 258 g/mol. The molecule has 6 heteroatoms. The molecule has 6 nitrogen and oxygen atoms in total. The van der Waals surface area contributed by atoms with Crippen molar-refractivity contribution in [2.45, 2.75) is 25.7 Å². The number of rotatable bonds is 7. The molecule has 0 spiro atoms. The second kappa shape index (κ2) is 8.88. The number of nitrogens with zero attached hydrogens (tertiary/aromatic N) is 1. The largest absolute Gasteiger partial charge is 0.480 e. The summed E-state index contributed by atoms with van der Waals surface area (Å²) in [7, 11) is 0. The molecule has 18 heavy (non-hydrogen) atoms. The molecule has 1 aliphatic heterocycles. The first kappa shape index (κ1) is 14.9. The van der Waals surface area contributed by atoms with Crippen LogP contribution in [0.2, 0.25) is 0 Å². The number of aliphatic carboxylic acids is 1. The predicted molar refractivity (Wildman–Crippen MR) is 66.4 cm³/mol. The van der Waals surface area contributed by atoms with Crippen LogP contribution in [-0.2, 0) is 14.3 Å². The molecule has 0 aromatic rings. The third-order valence-electron chi connectivity index (χ3n) is 2.91. The first-order valence-electron chi connectivity index (χ1n) is 6.47. The summed E-state index contributed by atoms with van der Waals surface area (Å²) in [5.74, 6) is -1.32. The minimum absolute atomic E-state index is 0.188. The summed E-state index contributed by atoms with van der Waals surface area (Å²) in [6, 6.07) is 0. The fourth-order valence-corrected chi connectivity index (χ4v) is 2.00. The molecule has 0 saturated carbocycles. The van der Waals surface area contributed by atoms with Crippen molar-refractivity contribution >= 4 is 11.9 Å². The van der Waals surface area contributed by atoms with Gasteiger partial charge in [0, 0.05) is 13.1 Å². The SMILES string of the molecule is O=C(O)COCC(=O)NCCN1CCCCCC1. The Morgan fingerprint density at radius 3 is 2.39 bits per heavy atom. The third-order valence-corrected chi connectivity index (χ3v) is 2.91. The zero-order valence-corrected chi connectivity index (χ0v) is 10.7. The Labute approximate surface area is 107 Å². The molecule has 104 valence electrons. The van der Waals surface area contributed by atoms with E-state index in [1.807, 2.05) is 0 Å². The fraction of sp³-hybridized carbons (Fsp3) is 0.833. The van der Waals surface area contributed by atoms with Gasteiger partial charge in [-0.15, -0.1) is 0 Å². The number of likely N-dealkylation sites (tertiary alicyclic amines) is 1. The van der Waals surface area contributed by atoms with Gasteiger partial charge in [-0.2, -0.15) is 0 Å². The minimum atomic E-state index is -1.06. The number of nitrogens with one attached hydrogen (secondary N) is 1. The highest BCUT2D eigenvalue weighted by molar-refractivity contribution is 5.77. The average molecular weight is 258 g/mol. The molecule has 1 heterocycles. The maximum absolute atomic E-state index is 11.3. The van der Waals surface area contributed by atoms with E-state index in [-0.39, 0.29) is 12.5 Å². The summed E-state index contributed by atoms with van der Waals surface area (Å²) in [5, 5.41) is 11.1.